The minimum atomic E-state index is -0.581. The summed E-state index contributed by atoms with van der Waals surface area (Å²) in [7, 11) is 0. The van der Waals surface area contributed by atoms with Gasteiger partial charge in [0.15, 0.2) is 0 Å². The Morgan fingerprint density at radius 3 is 1.77 bits per heavy atom. The Morgan fingerprint density at radius 1 is 0.591 bits per heavy atom. The lowest BCUT2D eigenvalue weighted by atomic mass is 9.49. The van der Waals surface area contributed by atoms with E-state index in [4.69, 9.17) is 0 Å². The summed E-state index contributed by atoms with van der Waals surface area (Å²) in [5, 5.41) is 0. The van der Waals surface area contributed by atoms with Gasteiger partial charge in [-0.1, -0.05) is 83.4 Å². The van der Waals surface area contributed by atoms with Crippen LogP contribution in [0, 0.1) is 69.1 Å². The molecule has 0 N–H and O–H groups in total. The summed E-state index contributed by atoms with van der Waals surface area (Å²) in [5.74, 6) is -3.93. The molecule has 4 aliphatic carbocycles. The van der Waals surface area contributed by atoms with Gasteiger partial charge in [-0.05, 0) is 74.4 Å². The zero-order valence-electron chi connectivity index (χ0n) is 25.3. The van der Waals surface area contributed by atoms with E-state index in [2.05, 4.69) is 24.3 Å². The molecule has 2 aliphatic heterocycles. The fourth-order valence-corrected chi connectivity index (χ4v) is 9.10. The average Bonchev–Trinajstić information content (AvgIpc) is 3.43. The quantitative estimate of drug-likeness (QED) is 0.276. The molecule has 6 aliphatic rings. The molecule has 0 spiro atoms. The van der Waals surface area contributed by atoms with Crippen LogP contribution in [-0.2, 0) is 19.2 Å². The maximum atomic E-state index is 14.5. The van der Waals surface area contributed by atoms with Crippen LogP contribution in [0.1, 0.15) is 34.2 Å². The summed E-state index contributed by atoms with van der Waals surface area (Å²) in [5.41, 5.74) is 8.28. The summed E-state index contributed by atoms with van der Waals surface area (Å²) in [6.45, 7) is 7.86. The van der Waals surface area contributed by atoms with Crippen molar-refractivity contribution in [3.05, 3.63) is 112 Å². The maximum absolute atomic E-state index is 14.5. The number of carbonyl (C=O) groups is 4. The van der Waals surface area contributed by atoms with E-state index in [1.807, 2.05) is 82.3 Å². The number of fused-ring (bicyclic) bond motifs is 1. The Kier molecular flexibility index (Phi) is 5.80. The molecular weight excluding hydrogens is 548 g/mol. The topological polar surface area (TPSA) is 74.8 Å². The van der Waals surface area contributed by atoms with E-state index < -0.39 is 23.7 Å². The van der Waals surface area contributed by atoms with E-state index in [-0.39, 0.29) is 41.4 Å². The highest BCUT2D eigenvalue weighted by atomic mass is 16.2. The summed E-state index contributed by atoms with van der Waals surface area (Å²) in [6.07, 6.45) is 4.60. The van der Waals surface area contributed by atoms with Crippen molar-refractivity contribution in [3.63, 3.8) is 0 Å². The van der Waals surface area contributed by atoms with Crippen molar-refractivity contribution in [2.75, 3.05) is 9.80 Å². The van der Waals surface area contributed by atoms with Crippen LogP contribution in [0.2, 0.25) is 0 Å². The molecule has 6 nitrogen and oxygen atoms in total. The number of carbonyl (C=O) groups excluding carboxylic acids is 4. The first-order chi connectivity index (χ1) is 21.2. The number of rotatable bonds is 3. The molecule has 0 radical (unpaired) electrons. The molecule has 2 saturated heterocycles. The molecule has 1 saturated carbocycles. The number of hydrogen-bond acceptors (Lipinski definition) is 4. The summed E-state index contributed by atoms with van der Waals surface area (Å²) >= 11 is 0. The van der Waals surface area contributed by atoms with Crippen LogP contribution < -0.4 is 9.80 Å². The van der Waals surface area contributed by atoms with Crippen LogP contribution in [0.3, 0.4) is 0 Å². The lowest BCUT2D eigenvalue weighted by Gasteiger charge is -2.51. The Labute approximate surface area is 257 Å². The standard InChI is InChI=1S/C38H34N2O4/c1-19-10-14-28(21(3)16-19)39-35(41)27-18-26(23-8-6-5-7-9-23)30-24-12-13-25(31(30)34(27)38(39)44)33-32(24)36(42)40(37(33)43)29-15-11-20(2)17-22(29)4/h5-17,24-25,27,31-34H,18H2,1-4H3/t24-,25-,27-,31-,32-,33+,34+/m1/s1. The van der Waals surface area contributed by atoms with Crippen molar-refractivity contribution < 1.29 is 19.2 Å². The van der Waals surface area contributed by atoms with Gasteiger partial charge in [0.25, 0.3) is 0 Å². The van der Waals surface area contributed by atoms with Gasteiger partial charge in [-0.25, -0.2) is 9.80 Å². The highest BCUT2D eigenvalue weighted by Gasteiger charge is 2.67. The third kappa shape index (κ3) is 3.54. The molecule has 0 aromatic heterocycles. The normalized spacial score (nSPS) is 30.3. The Hall–Kier alpha value is -4.58. The van der Waals surface area contributed by atoms with Crippen LogP contribution in [0.4, 0.5) is 11.4 Å². The number of aryl methyl sites for hydroxylation is 4. The van der Waals surface area contributed by atoms with Crippen LogP contribution in [0.25, 0.3) is 5.57 Å². The van der Waals surface area contributed by atoms with Crippen molar-refractivity contribution in [1.29, 1.82) is 0 Å². The van der Waals surface area contributed by atoms with Crippen molar-refractivity contribution in [1.82, 2.24) is 0 Å². The zero-order chi connectivity index (χ0) is 30.6. The van der Waals surface area contributed by atoms with Gasteiger partial charge in [-0.2, -0.15) is 0 Å². The van der Waals surface area contributed by atoms with Gasteiger partial charge >= 0.3 is 0 Å². The first-order valence-electron chi connectivity index (χ1n) is 15.5. The number of amides is 4. The van der Waals surface area contributed by atoms with Gasteiger partial charge < -0.3 is 0 Å². The number of anilines is 2. The molecule has 3 aromatic carbocycles. The summed E-state index contributed by atoms with van der Waals surface area (Å²) < 4.78 is 0. The van der Waals surface area contributed by atoms with Crippen molar-refractivity contribution in [2.45, 2.75) is 34.1 Å². The van der Waals surface area contributed by atoms with Crippen molar-refractivity contribution >= 4 is 40.6 Å². The van der Waals surface area contributed by atoms with E-state index in [0.717, 1.165) is 39.0 Å². The average molecular weight is 583 g/mol. The second-order valence-corrected chi connectivity index (χ2v) is 13.3. The monoisotopic (exact) mass is 582 g/mol. The van der Waals surface area contributed by atoms with Crippen LogP contribution >= 0.6 is 0 Å². The summed E-state index contributed by atoms with van der Waals surface area (Å²) in [4.78, 5) is 60.0. The molecule has 2 bridgehead atoms. The molecule has 7 atom stereocenters. The predicted molar refractivity (Wildman–Crippen MR) is 168 cm³/mol. The van der Waals surface area contributed by atoms with E-state index >= 15 is 0 Å². The SMILES string of the molecule is Cc1ccc(N2C(=O)[C@H]3[C@@H]4C=C[C@H](C5=C(c6ccccc6)C[C@H]6C(=O)N(c7ccc(C)cc7C)C(=O)[C@@H]6[C@@H]54)[C@H]3C2=O)c(C)c1. The van der Waals surface area contributed by atoms with E-state index in [1.54, 1.807) is 0 Å². The van der Waals surface area contributed by atoms with Gasteiger partial charge in [0.05, 0.1) is 35.0 Å². The molecule has 9 rings (SSSR count). The molecule has 4 amide bonds. The highest BCUT2D eigenvalue weighted by Crippen LogP contribution is 2.63. The summed E-state index contributed by atoms with van der Waals surface area (Å²) in [6, 6.07) is 21.6. The van der Waals surface area contributed by atoms with Crippen LogP contribution in [-0.4, -0.2) is 23.6 Å². The second-order valence-electron chi connectivity index (χ2n) is 13.3. The number of allylic oxidation sites excluding steroid dienone is 4. The largest absolute Gasteiger partial charge is 0.274 e. The van der Waals surface area contributed by atoms with Gasteiger partial charge in [0.2, 0.25) is 23.6 Å². The number of nitrogens with zero attached hydrogens (tertiary/aromatic N) is 2. The van der Waals surface area contributed by atoms with Gasteiger partial charge in [-0.15, -0.1) is 0 Å². The lowest BCUT2D eigenvalue weighted by molar-refractivity contribution is -0.129. The number of hydrogen-bond donors (Lipinski definition) is 0. The molecule has 44 heavy (non-hydrogen) atoms. The Balaban J connectivity index is 1.29. The Morgan fingerprint density at radius 2 is 1.16 bits per heavy atom. The van der Waals surface area contributed by atoms with E-state index in [9.17, 15) is 19.2 Å². The van der Waals surface area contributed by atoms with Crippen LogP contribution in [0.5, 0.6) is 0 Å². The van der Waals surface area contributed by atoms with Crippen molar-refractivity contribution in [2.24, 2.45) is 41.4 Å². The maximum Gasteiger partial charge on any atom is 0.238 e. The lowest BCUT2D eigenvalue weighted by Crippen LogP contribution is -2.51. The number of benzene rings is 3. The van der Waals surface area contributed by atoms with Gasteiger partial charge in [0, 0.05) is 11.8 Å². The Bertz CT molecular complexity index is 1870. The molecule has 6 heteroatoms. The first-order valence-corrected chi connectivity index (χ1v) is 15.5. The van der Waals surface area contributed by atoms with Gasteiger partial charge in [-0.3, -0.25) is 19.2 Å². The minimum Gasteiger partial charge on any atom is -0.274 e. The fourth-order valence-electron chi connectivity index (χ4n) is 9.10. The number of imide groups is 2. The van der Waals surface area contributed by atoms with E-state index in [1.165, 1.54) is 9.80 Å². The molecule has 3 aromatic rings. The van der Waals surface area contributed by atoms with E-state index in [0.29, 0.717) is 17.8 Å². The smallest absolute Gasteiger partial charge is 0.238 e. The molecular formula is C38H34N2O4. The zero-order valence-corrected chi connectivity index (χ0v) is 25.3. The fraction of sp³-hybridized carbons (Fsp3) is 0.316. The third-order valence-corrected chi connectivity index (χ3v) is 10.8. The molecule has 220 valence electrons. The molecule has 2 heterocycles. The minimum absolute atomic E-state index is 0.169. The third-order valence-electron chi connectivity index (χ3n) is 10.8. The second kappa shape index (κ2) is 9.46. The van der Waals surface area contributed by atoms with Crippen molar-refractivity contribution in [3.8, 4) is 0 Å². The predicted octanol–water partition coefficient (Wildman–Crippen LogP) is 6.12. The van der Waals surface area contributed by atoms with Gasteiger partial charge in [0.1, 0.15) is 0 Å². The molecule has 3 fully saturated rings. The molecule has 0 unspecified atom stereocenters. The first kappa shape index (κ1) is 27.0. The highest BCUT2D eigenvalue weighted by molar-refractivity contribution is 6.25. The van der Waals surface area contributed by atoms with Crippen LogP contribution in [0.15, 0.2) is 84.5 Å².